The molecule has 6 nitrogen and oxygen atoms in total. The van der Waals surface area contributed by atoms with E-state index in [1.165, 1.54) is 4.90 Å². The summed E-state index contributed by atoms with van der Waals surface area (Å²) in [6, 6.07) is 7.39. The van der Waals surface area contributed by atoms with E-state index in [9.17, 15) is 9.59 Å². The van der Waals surface area contributed by atoms with Gasteiger partial charge in [-0.05, 0) is 12.1 Å². The molecule has 1 saturated heterocycles. The molecule has 1 aromatic heterocycles. The van der Waals surface area contributed by atoms with Crippen molar-refractivity contribution in [1.29, 1.82) is 0 Å². The van der Waals surface area contributed by atoms with Gasteiger partial charge in [-0.15, -0.1) is 0 Å². The summed E-state index contributed by atoms with van der Waals surface area (Å²) in [6.45, 7) is 0.208. The summed E-state index contributed by atoms with van der Waals surface area (Å²) in [5.41, 5.74) is 1.52. The molecule has 1 fully saturated rings. The molecular formula is C14H13N3O3. The molecule has 1 aromatic carbocycles. The molecule has 0 spiro atoms. The van der Waals surface area contributed by atoms with E-state index in [1.807, 2.05) is 24.3 Å². The number of aromatic nitrogens is 2. The maximum absolute atomic E-state index is 12.0. The third-order valence-corrected chi connectivity index (χ3v) is 3.43. The molecule has 1 amide bonds. The third-order valence-electron chi connectivity index (χ3n) is 3.43. The van der Waals surface area contributed by atoms with Crippen molar-refractivity contribution in [3.63, 3.8) is 0 Å². The summed E-state index contributed by atoms with van der Waals surface area (Å²) in [5.74, 6) is -1.73. The predicted octanol–water partition coefficient (Wildman–Crippen LogP) is 1.31. The maximum atomic E-state index is 12.0. The highest BCUT2D eigenvalue weighted by atomic mass is 16.4. The molecule has 1 aliphatic rings. The number of rotatable bonds is 3. The minimum atomic E-state index is -0.930. The Morgan fingerprint density at radius 2 is 2.05 bits per heavy atom. The first-order valence-electron chi connectivity index (χ1n) is 6.27. The molecule has 0 aliphatic carbocycles. The van der Waals surface area contributed by atoms with Gasteiger partial charge in [0, 0.05) is 25.4 Å². The second-order valence-electron chi connectivity index (χ2n) is 4.70. The summed E-state index contributed by atoms with van der Waals surface area (Å²) < 4.78 is 1.80. The topological polar surface area (TPSA) is 75.4 Å². The van der Waals surface area contributed by atoms with E-state index in [2.05, 4.69) is 4.98 Å². The quantitative estimate of drug-likeness (QED) is 0.913. The van der Waals surface area contributed by atoms with Gasteiger partial charge in [-0.25, -0.2) is 4.98 Å². The van der Waals surface area contributed by atoms with Crippen LogP contribution < -0.4 is 4.90 Å². The Kier molecular flexibility index (Phi) is 2.98. The number of carbonyl (C=O) groups excluding carboxylic acids is 1. The van der Waals surface area contributed by atoms with Crippen molar-refractivity contribution in [2.24, 2.45) is 5.92 Å². The summed E-state index contributed by atoms with van der Waals surface area (Å²) in [6.07, 6.45) is 5.14. The number of carboxylic acids is 1. The lowest BCUT2D eigenvalue weighted by Crippen LogP contribution is -2.26. The van der Waals surface area contributed by atoms with E-state index < -0.39 is 11.9 Å². The second kappa shape index (κ2) is 4.80. The molecular weight excluding hydrogens is 258 g/mol. The van der Waals surface area contributed by atoms with E-state index in [-0.39, 0.29) is 18.9 Å². The summed E-state index contributed by atoms with van der Waals surface area (Å²) >= 11 is 0. The second-order valence-corrected chi connectivity index (χ2v) is 4.70. The largest absolute Gasteiger partial charge is 0.481 e. The van der Waals surface area contributed by atoms with Gasteiger partial charge < -0.3 is 14.6 Å². The molecule has 1 N–H and O–H groups in total. The Morgan fingerprint density at radius 3 is 2.65 bits per heavy atom. The van der Waals surface area contributed by atoms with Gasteiger partial charge >= 0.3 is 5.97 Å². The molecule has 0 radical (unpaired) electrons. The van der Waals surface area contributed by atoms with Crippen molar-refractivity contribution in [1.82, 2.24) is 9.55 Å². The fraction of sp³-hybridized carbons (Fsp3) is 0.214. The maximum Gasteiger partial charge on any atom is 0.308 e. The van der Waals surface area contributed by atoms with Crippen LogP contribution in [0.15, 0.2) is 43.0 Å². The zero-order valence-electron chi connectivity index (χ0n) is 10.6. The van der Waals surface area contributed by atoms with Crippen LogP contribution in [0.5, 0.6) is 0 Å². The number of hydrogen-bond donors (Lipinski definition) is 1. The Bertz CT molecular complexity index is 651. The van der Waals surface area contributed by atoms with E-state index in [0.717, 1.165) is 5.69 Å². The zero-order chi connectivity index (χ0) is 14.1. The molecule has 2 heterocycles. The van der Waals surface area contributed by atoms with Gasteiger partial charge in [0.05, 0.1) is 23.6 Å². The van der Waals surface area contributed by atoms with Crippen molar-refractivity contribution in [3.05, 3.63) is 43.0 Å². The minimum absolute atomic E-state index is 0.0492. The average molecular weight is 271 g/mol. The SMILES string of the molecule is O=C(O)C1CC(=O)N(c2ccccc2-n2ccnc2)C1. The molecule has 0 bridgehead atoms. The molecule has 102 valence electrons. The van der Waals surface area contributed by atoms with Crippen LogP contribution in [-0.2, 0) is 9.59 Å². The van der Waals surface area contributed by atoms with Crippen LogP contribution >= 0.6 is 0 Å². The first-order chi connectivity index (χ1) is 9.66. The Morgan fingerprint density at radius 1 is 1.30 bits per heavy atom. The number of para-hydroxylation sites is 2. The van der Waals surface area contributed by atoms with Gasteiger partial charge in [-0.3, -0.25) is 9.59 Å². The summed E-state index contributed by atoms with van der Waals surface area (Å²) in [4.78, 5) is 28.6. The molecule has 0 saturated carbocycles. The Balaban J connectivity index is 1.99. The first-order valence-corrected chi connectivity index (χ1v) is 6.27. The van der Waals surface area contributed by atoms with Gasteiger partial charge in [0.2, 0.25) is 5.91 Å². The summed E-state index contributed by atoms with van der Waals surface area (Å²) in [5, 5.41) is 9.05. The Hall–Kier alpha value is -2.63. The van der Waals surface area contributed by atoms with Crippen LogP contribution in [0.25, 0.3) is 5.69 Å². The first kappa shape index (κ1) is 12.4. The lowest BCUT2D eigenvalue weighted by Gasteiger charge is -2.20. The fourth-order valence-electron chi connectivity index (χ4n) is 2.42. The highest BCUT2D eigenvalue weighted by Gasteiger charge is 2.35. The van der Waals surface area contributed by atoms with Gasteiger partial charge in [0.25, 0.3) is 0 Å². The third kappa shape index (κ3) is 2.05. The minimum Gasteiger partial charge on any atom is -0.481 e. The van der Waals surface area contributed by atoms with E-state index >= 15 is 0 Å². The number of hydrogen-bond acceptors (Lipinski definition) is 3. The van der Waals surface area contributed by atoms with Crippen LogP contribution in [0.4, 0.5) is 5.69 Å². The number of carboxylic acid groups (broad SMARTS) is 1. The van der Waals surface area contributed by atoms with Crippen molar-refractivity contribution in [2.45, 2.75) is 6.42 Å². The number of anilines is 1. The fourth-order valence-corrected chi connectivity index (χ4v) is 2.42. The van der Waals surface area contributed by atoms with Crippen molar-refractivity contribution < 1.29 is 14.7 Å². The smallest absolute Gasteiger partial charge is 0.308 e. The van der Waals surface area contributed by atoms with Crippen molar-refractivity contribution in [2.75, 3.05) is 11.4 Å². The predicted molar refractivity (Wildman–Crippen MR) is 71.7 cm³/mol. The van der Waals surface area contributed by atoms with Crippen LogP contribution in [0.2, 0.25) is 0 Å². The van der Waals surface area contributed by atoms with Crippen molar-refractivity contribution in [3.8, 4) is 5.69 Å². The number of benzene rings is 1. The molecule has 1 aliphatic heterocycles. The number of imidazole rings is 1. The lowest BCUT2D eigenvalue weighted by atomic mass is 10.1. The van der Waals surface area contributed by atoms with Crippen molar-refractivity contribution >= 4 is 17.6 Å². The van der Waals surface area contributed by atoms with E-state index in [4.69, 9.17) is 5.11 Å². The van der Waals surface area contributed by atoms with Crippen LogP contribution in [-0.4, -0.2) is 33.1 Å². The summed E-state index contributed by atoms with van der Waals surface area (Å²) in [7, 11) is 0. The number of amides is 1. The highest BCUT2D eigenvalue weighted by Crippen LogP contribution is 2.30. The number of aliphatic carboxylic acids is 1. The molecule has 1 atom stereocenters. The normalized spacial score (nSPS) is 18.5. The van der Waals surface area contributed by atoms with E-state index in [1.54, 1.807) is 23.3 Å². The molecule has 3 rings (SSSR count). The molecule has 1 unspecified atom stereocenters. The highest BCUT2D eigenvalue weighted by molar-refractivity contribution is 6.00. The lowest BCUT2D eigenvalue weighted by molar-refractivity contribution is -0.141. The zero-order valence-corrected chi connectivity index (χ0v) is 10.6. The molecule has 20 heavy (non-hydrogen) atoms. The van der Waals surface area contributed by atoms with Gasteiger partial charge in [0.15, 0.2) is 0 Å². The van der Waals surface area contributed by atoms with Gasteiger partial charge in [0.1, 0.15) is 0 Å². The van der Waals surface area contributed by atoms with Crippen LogP contribution in [0.3, 0.4) is 0 Å². The average Bonchev–Trinajstić information content (AvgIpc) is 3.08. The van der Waals surface area contributed by atoms with Crippen LogP contribution in [0, 0.1) is 5.92 Å². The molecule has 6 heteroatoms. The van der Waals surface area contributed by atoms with E-state index in [0.29, 0.717) is 5.69 Å². The van der Waals surface area contributed by atoms with Gasteiger partial charge in [-0.2, -0.15) is 0 Å². The number of carbonyl (C=O) groups is 2. The van der Waals surface area contributed by atoms with Crippen LogP contribution in [0.1, 0.15) is 6.42 Å². The molecule has 2 aromatic rings. The monoisotopic (exact) mass is 271 g/mol. The standard InChI is InChI=1S/C14H13N3O3/c18-13-7-10(14(19)20)8-17(13)12-4-2-1-3-11(12)16-6-5-15-9-16/h1-6,9-10H,7-8H2,(H,19,20). The van der Waals surface area contributed by atoms with Gasteiger partial charge in [-0.1, -0.05) is 12.1 Å². The number of nitrogens with zero attached hydrogens (tertiary/aromatic N) is 3. The Labute approximate surface area is 115 Å².